The molecular formula is C7H8N2O. The zero-order chi connectivity index (χ0) is 7.40. The van der Waals surface area contributed by atoms with E-state index >= 15 is 0 Å². The normalized spacial score (nSPS) is 9.20. The molecular weight excluding hydrogens is 128 g/mol. The molecule has 0 bridgehead atoms. The summed E-state index contributed by atoms with van der Waals surface area (Å²) in [4.78, 5) is 13.8. The highest BCUT2D eigenvalue weighted by Gasteiger charge is 1.94. The minimum Gasteiger partial charge on any atom is -0.397 e. The fourth-order valence-corrected chi connectivity index (χ4v) is 0.711. The van der Waals surface area contributed by atoms with Gasteiger partial charge in [-0.25, -0.2) is 0 Å². The molecule has 0 fully saturated rings. The number of rotatable bonds is 2. The van der Waals surface area contributed by atoms with E-state index < -0.39 is 0 Å². The minimum absolute atomic E-state index is 0.369. The highest BCUT2D eigenvalue weighted by molar-refractivity contribution is 5.60. The Morgan fingerprint density at radius 1 is 1.70 bits per heavy atom. The van der Waals surface area contributed by atoms with Crippen molar-refractivity contribution in [3.63, 3.8) is 0 Å². The molecule has 3 nitrogen and oxygen atoms in total. The molecule has 1 heterocycles. The van der Waals surface area contributed by atoms with Crippen molar-refractivity contribution in [3.05, 3.63) is 24.0 Å². The number of nitrogen functional groups attached to an aromatic ring is 1. The molecule has 0 aliphatic heterocycles. The summed E-state index contributed by atoms with van der Waals surface area (Å²) in [6.07, 6.45) is 4.36. The second-order valence-corrected chi connectivity index (χ2v) is 1.95. The molecule has 1 rings (SSSR count). The predicted molar refractivity (Wildman–Crippen MR) is 38.4 cm³/mol. The maximum absolute atomic E-state index is 10.1. The van der Waals surface area contributed by atoms with Gasteiger partial charge in [-0.3, -0.25) is 4.98 Å². The third-order valence-electron chi connectivity index (χ3n) is 1.25. The molecule has 0 spiro atoms. The minimum atomic E-state index is 0.369. The smallest absolute Gasteiger partial charge is 0.124 e. The Morgan fingerprint density at radius 2 is 2.50 bits per heavy atom. The van der Waals surface area contributed by atoms with Gasteiger partial charge in [-0.05, 0) is 11.6 Å². The van der Waals surface area contributed by atoms with E-state index in [1.165, 1.54) is 0 Å². The molecule has 1 aromatic heterocycles. The van der Waals surface area contributed by atoms with E-state index in [1.54, 1.807) is 18.5 Å². The van der Waals surface area contributed by atoms with Gasteiger partial charge in [0.25, 0.3) is 0 Å². The van der Waals surface area contributed by atoms with Crippen LogP contribution in [0.5, 0.6) is 0 Å². The predicted octanol–water partition coefficient (Wildman–Crippen LogP) is 0.405. The molecule has 0 amide bonds. The molecule has 0 atom stereocenters. The number of nitrogens with two attached hydrogens (primary N) is 1. The van der Waals surface area contributed by atoms with Crippen LogP contribution in [0, 0.1) is 0 Å². The van der Waals surface area contributed by atoms with Gasteiger partial charge in [0.1, 0.15) is 6.29 Å². The number of carbonyl (C=O) groups is 1. The van der Waals surface area contributed by atoms with E-state index in [0.29, 0.717) is 12.1 Å². The Balaban J connectivity index is 2.91. The SMILES string of the molecule is Nc1cnccc1CC=O. The van der Waals surface area contributed by atoms with Crippen molar-refractivity contribution in [1.82, 2.24) is 4.98 Å². The monoisotopic (exact) mass is 136 g/mol. The summed E-state index contributed by atoms with van der Waals surface area (Å²) in [6, 6.07) is 1.74. The summed E-state index contributed by atoms with van der Waals surface area (Å²) in [7, 11) is 0. The fraction of sp³-hybridized carbons (Fsp3) is 0.143. The Labute approximate surface area is 58.9 Å². The Hall–Kier alpha value is -1.38. The average molecular weight is 136 g/mol. The molecule has 2 N–H and O–H groups in total. The van der Waals surface area contributed by atoms with E-state index in [9.17, 15) is 4.79 Å². The summed E-state index contributed by atoms with van der Waals surface area (Å²) >= 11 is 0. The lowest BCUT2D eigenvalue weighted by atomic mass is 10.2. The third kappa shape index (κ3) is 1.31. The van der Waals surface area contributed by atoms with Gasteiger partial charge in [0.2, 0.25) is 0 Å². The van der Waals surface area contributed by atoms with Crippen LogP contribution in [-0.2, 0) is 11.2 Å². The van der Waals surface area contributed by atoms with Crippen molar-refractivity contribution in [2.75, 3.05) is 5.73 Å². The number of aldehydes is 1. The molecule has 0 saturated heterocycles. The number of hydrogen-bond donors (Lipinski definition) is 1. The highest BCUT2D eigenvalue weighted by Crippen LogP contribution is 2.07. The molecule has 3 heteroatoms. The first-order valence-corrected chi connectivity index (χ1v) is 2.96. The number of nitrogens with zero attached hydrogens (tertiary/aromatic N) is 1. The number of pyridine rings is 1. The van der Waals surface area contributed by atoms with Crippen molar-refractivity contribution in [1.29, 1.82) is 0 Å². The number of carbonyl (C=O) groups excluding carboxylic acids is 1. The van der Waals surface area contributed by atoms with Crippen LogP contribution in [0.25, 0.3) is 0 Å². The standard InChI is InChI=1S/C7H8N2O/c8-7-5-9-3-1-6(7)2-4-10/h1,3-5H,2,8H2. The number of aromatic nitrogens is 1. The first kappa shape index (κ1) is 6.74. The zero-order valence-corrected chi connectivity index (χ0v) is 5.45. The fourth-order valence-electron chi connectivity index (χ4n) is 0.711. The maximum atomic E-state index is 10.1. The molecule has 0 aliphatic carbocycles. The third-order valence-corrected chi connectivity index (χ3v) is 1.25. The van der Waals surface area contributed by atoms with Crippen LogP contribution in [0.3, 0.4) is 0 Å². The van der Waals surface area contributed by atoms with Gasteiger partial charge in [0, 0.05) is 12.6 Å². The van der Waals surface area contributed by atoms with Gasteiger partial charge >= 0.3 is 0 Å². The number of anilines is 1. The Kier molecular flexibility index (Phi) is 1.99. The van der Waals surface area contributed by atoms with Gasteiger partial charge in [-0.15, -0.1) is 0 Å². The Morgan fingerprint density at radius 3 is 3.10 bits per heavy atom. The van der Waals surface area contributed by atoms with Gasteiger partial charge in [0.15, 0.2) is 0 Å². The van der Waals surface area contributed by atoms with Gasteiger partial charge in [-0.2, -0.15) is 0 Å². The van der Waals surface area contributed by atoms with Crippen molar-refractivity contribution >= 4 is 12.0 Å². The molecule has 52 valence electrons. The first-order valence-electron chi connectivity index (χ1n) is 2.96. The van der Waals surface area contributed by atoms with Crippen molar-refractivity contribution in [2.45, 2.75) is 6.42 Å². The molecule has 0 radical (unpaired) electrons. The maximum Gasteiger partial charge on any atom is 0.124 e. The Bertz CT molecular complexity index is 235. The highest BCUT2D eigenvalue weighted by atomic mass is 16.1. The van der Waals surface area contributed by atoms with E-state index in [2.05, 4.69) is 4.98 Å². The lowest BCUT2D eigenvalue weighted by Gasteiger charge is -1.97. The van der Waals surface area contributed by atoms with Gasteiger partial charge in [0.05, 0.1) is 11.9 Å². The summed E-state index contributed by atoms with van der Waals surface area (Å²) < 4.78 is 0. The molecule has 0 aromatic carbocycles. The van der Waals surface area contributed by atoms with Crippen LogP contribution in [-0.4, -0.2) is 11.3 Å². The van der Waals surface area contributed by atoms with E-state index in [1.807, 2.05) is 0 Å². The molecule has 10 heavy (non-hydrogen) atoms. The first-order chi connectivity index (χ1) is 4.84. The summed E-state index contributed by atoms with van der Waals surface area (Å²) in [5, 5.41) is 0. The van der Waals surface area contributed by atoms with Gasteiger partial charge in [-0.1, -0.05) is 0 Å². The van der Waals surface area contributed by atoms with Crippen LogP contribution in [0.1, 0.15) is 5.56 Å². The quantitative estimate of drug-likeness (QED) is 0.599. The second kappa shape index (κ2) is 2.96. The molecule has 0 unspecified atom stereocenters. The molecule has 0 aliphatic rings. The van der Waals surface area contributed by atoms with E-state index in [-0.39, 0.29) is 0 Å². The van der Waals surface area contributed by atoms with E-state index in [0.717, 1.165) is 11.8 Å². The lowest BCUT2D eigenvalue weighted by Crippen LogP contribution is -1.95. The van der Waals surface area contributed by atoms with Crippen LogP contribution in [0.15, 0.2) is 18.5 Å². The zero-order valence-electron chi connectivity index (χ0n) is 5.45. The lowest BCUT2D eigenvalue weighted by molar-refractivity contribution is -0.107. The van der Waals surface area contributed by atoms with Crippen LogP contribution >= 0.6 is 0 Å². The van der Waals surface area contributed by atoms with Crippen molar-refractivity contribution in [2.24, 2.45) is 0 Å². The van der Waals surface area contributed by atoms with Crippen LogP contribution in [0.4, 0.5) is 5.69 Å². The summed E-state index contributed by atoms with van der Waals surface area (Å²) in [6.45, 7) is 0. The number of hydrogen-bond acceptors (Lipinski definition) is 3. The van der Waals surface area contributed by atoms with Crippen molar-refractivity contribution in [3.8, 4) is 0 Å². The topological polar surface area (TPSA) is 56.0 Å². The summed E-state index contributed by atoms with van der Waals surface area (Å²) in [5.41, 5.74) is 6.90. The van der Waals surface area contributed by atoms with Crippen LogP contribution < -0.4 is 5.73 Å². The average Bonchev–Trinajstić information content (AvgIpc) is 1.94. The second-order valence-electron chi connectivity index (χ2n) is 1.95. The summed E-state index contributed by atoms with van der Waals surface area (Å²) in [5.74, 6) is 0. The van der Waals surface area contributed by atoms with Crippen LogP contribution in [0.2, 0.25) is 0 Å². The molecule has 0 saturated carbocycles. The van der Waals surface area contributed by atoms with Crippen molar-refractivity contribution < 1.29 is 4.79 Å². The molecule has 1 aromatic rings. The van der Waals surface area contributed by atoms with E-state index in [4.69, 9.17) is 5.73 Å². The van der Waals surface area contributed by atoms with Gasteiger partial charge < -0.3 is 10.5 Å². The largest absolute Gasteiger partial charge is 0.397 e.